The van der Waals surface area contributed by atoms with E-state index in [4.69, 9.17) is 25.8 Å². The minimum atomic E-state index is -0.600. The van der Waals surface area contributed by atoms with Gasteiger partial charge in [-0.15, -0.1) is 5.10 Å². The summed E-state index contributed by atoms with van der Waals surface area (Å²) in [7, 11) is 2.72. The van der Waals surface area contributed by atoms with Crippen LogP contribution in [0, 0.1) is 20.8 Å². The molecule has 0 aliphatic heterocycles. The molecule has 1 aromatic carbocycles. The van der Waals surface area contributed by atoms with E-state index < -0.39 is 5.97 Å². The molecule has 0 N–H and O–H groups in total. The van der Waals surface area contributed by atoms with Crippen LogP contribution in [0.15, 0.2) is 36.7 Å². The van der Waals surface area contributed by atoms with Crippen molar-refractivity contribution in [3.8, 4) is 17.4 Å². The Morgan fingerprint density at radius 1 is 1.13 bits per heavy atom. The zero-order valence-electron chi connectivity index (χ0n) is 17.3. The van der Waals surface area contributed by atoms with Crippen LogP contribution in [0.3, 0.4) is 0 Å². The largest absolute Gasteiger partial charge is 0.503 e. The average Bonchev–Trinajstić information content (AvgIpc) is 3.16. The molecule has 0 unspecified atom stereocenters. The van der Waals surface area contributed by atoms with E-state index >= 15 is 0 Å². The van der Waals surface area contributed by atoms with Crippen molar-refractivity contribution in [2.45, 2.75) is 20.8 Å². The monoisotopic (exact) mass is 428 g/mol. The fourth-order valence-corrected chi connectivity index (χ4v) is 3.09. The van der Waals surface area contributed by atoms with Gasteiger partial charge in [-0.25, -0.2) is 14.5 Å². The number of aromatic nitrogens is 4. The van der Waals surface area contributed by atoms with Crippen molar-refractivity contribution >= 4 is 23.1 Å². The zero-order chi connectivity index (χ0) is 21.8. The van der Waals surface area contributed by atoms with Crippen molar-refractivity contribution in [2.24, 2.45) is 0 Å². The van der Waals surface area contributed by atoms with E-state index in [-0.39, 0.29) is 17.3 Å². The molecule has 0 saturated carbocycles. The van der Waals surface area contributed by atoms with E-state index in [1.54, 1.807) is 30.8 Å². The number of esters is 1. The van der Waals surface area contributed by atoms with Gasteiger partial charge in [-0.2, -0.15) is 4.98 Å². The van der Waals surface area contributed by atoms with E-state index in [0.717, 1.165) is 11.3 Å². The summed E-state index contributed by atoms with van der Waals surface area (Å²) in [4.78, 5) is 21.0. The highest BCUT2D eigenvalue weighted by molar-refractivity contribution is 6.30. The highest BCUT2D eigenvalue weighted by Crippen LogP contribution is 2.31. The lowest BCUT2D eigenvalue weighted by Gasteiger charge is -2.13. The molecule has 3 aromatic rings. The van der Waals surface area contributed by atoms with Crippen LogP contribution < -0.4 is 4.74 Å². The van der Waals surface area contributed by atoms with Gasteiger partial charge in [-0.05, 0) is 38.5 Å². The number of hydrogen-bond donors (Lipinski definition) is 0. The maximum atomic E-state index is 12.3. The average molecular weight is 429 g/mol. The van der Waals surface area contributed by atoms with Crippen LogP contribution in [-0.2, 0) is 14.3 Å². The Labute approximate surface area is 179 Å². The third-order valence-corrected chi connectivity index (χ3v) is 4.50. The van der Waals surface area contributed by atoms with E-state index in [9.17, 15) is 4.79 Å². The summed E-state index contributed by atoms with van der Waals surface area (Å²) in [5, 5.41) is 5.06. The highest BCUT2D eigenvalue weighted by atomic mass is 35.5. The van der Waals surface area contributed by atoms with Crippen molar-refractivity contribution in [2.75, 3.05) is 14.2 Å². The van der Waals surface area contributed by atoms with Crippen molar-refractivity contribution in [1.29, 1.82) is 0 Å². The van der Waals surface area contributed by atoms with Crippen molar-refractivity contribution < 1.29 is 19.0 Å². The number of aryl methyl sites for hydroxylation is 3. The van der Waals surface area contributed by atoms with Crippen molar-refractivity contribution in [1.82, 2.24) is 19.7 Å². The molecule has 8 nitrogen and oxygen atoms in total. The molecule has 2 aromatic heterocycles. The number of carbonyl (C=O) groups is 1. The molecule has 0 bridgehead atoms. The number of benzene rings is 1. The maximum Gasteiger partial charge on any atom is 0.341 e. The van der Waals surface area contributed by atoms with E-state index in [0.29, 0.717) is 22.1 Å². The molecule has 3 rings (SSSR count). The number of methoxy groups -OCH3 is 2. The molecule has 0 aliphatic carbocycles. The molecule has 2 heterocycles. The van der Waals surface area contributed by atoms with E-state index in [1.165, 1.54) is 20.5 Å². The third kappa shape index (κ3) is 4.44. The van der Waals surface area contributed by atoms with Crippen LogP contribution in [0.1, 0.15) is 22.6 Å². The van der Waals surface area contributed by atoms with Crippen LogP contribution in [-0.4, -0.2) is 39.9 Å². The van der Waals surface area contributed by atoms with Gasteiger partial charge >= 0.3 is 5.97 Å². The summed E-state index contributed by atoms with van der Waals surface area (Å²) in [5.41, 5.74) is 2.86. The Morgan fingerprint density at radius 3 is 2.60 bits per heavy atom. The van der Waals surface area contributed by atoms with E-state index in [2.05, 4.69) is 15.1 Å². The van der Waals surface area contributed by atoms with Crippen molar-refractivity contribution in [3.63, 3.8) is 0 Å². The molecule has 30 heavy (non-hydrogen) atoms. The lowest BCUT2D eigenvalue weighted by Crippen LogP contribution is -2.10. The molecule has 9 heteroatoms. The lowest BCUT2D eigenvalue weighted by molar-refractivity contribution is -0.133. The smallest absolute Gasteiger partial charge is 0.341 e. The van der Waals surface area contributed by atoms with Crippen LogP contribution in [0.4, 0.5) is 0 Å². The highest BCUT2D eigenvalue weighted by Gasteiger charge is 2.24. The summed E-state index contributed by atoms with van der Waals surface area (Å²) in [6.07, 6.45) is 3.02. The molecule has 0 saturated heterocycles. The van der Waals surface area contributed by atoms with E-state index in [1.807, 2.05) is 25.1 Å². The van der Waals surface area contributed by atoms with Gasteiger partial charge in [0.1, 0.15) is 11.4 Å². The Morgan fingerprint density at radius 2 is 1.90 bits per heavy atom. The normalized spacial score (nSPS) is 11.3. The zero-order valence-corrected chi connectivity index (χ0v) is 18.0. The minimum Gasteiger partial charge on any atom is -0.503 e. The quantitative estimate of drug-likeness (QED) is 0.330. The Hall–Kier alpha value is -3.39. The molecule has 0 fully saturated rings. The van der Waals surface area contributed by atoms with Gasteiger partial charge in [0.2, 0.25) is 11.8 Å². The van der Waals surface area contributed by atoms with Crippen LogP contribution in [0.2, 0.25) is 5.02 Å². The fraction of sp³-hybridized carbons (Fsp3) is 0.238. The van der Waals surface area contributed by atoms with Gasteiger partial charge in [0.05, 0.1) is 37.4 Å². The van der Waals surface area contributed by atoms with Gasteiger partial charge in [-0.1, -0.05) is 17.7 Å². The van der Waals surface area contributed by atoms with Gasteiger partial charge in [-0.3, -0.25) is 0 Å². The summed E-state index contributed by atoms with van der Waals surface area (Å²) >= 11 is 6.12. The Bertz CT molecular complexity index is 1120. The number of ether oxygens (including phenoxy) is 3. The number of halogens is 1. The molecule has 0 amide bonds. The van der Waals surface area contributed by atoms with Gasteiger partial charge in [0.15, 0.2) is 0 Å². The Kier molecular flexibility index (Phi) is 6.37. The molecule has 0 atom stereocenters. The number of rotatable bonds is 6. The van der Waals surface area contributed by atoms with Gasteiger partial charge in [0, 0.05) is 17.3 Å². The van der Waals surface area contributed by atoms with Crippen LogP contribution >= 0.6 is 11.6 Å². The standard InChI is InChI=1S/C21H21ClN4O4/c1-12-6-7-15(22)10-17(12)26-9-8-18(25-26)30-20-19(13(2)23-14(3)24-20)16(11-28-4)21(27)29-5/h6-11H,1-5H3. The van der Waals surface area contributed by atoms with Gasteiger partial charge < -0.3 is 14.2 Å². The summed E-state index contributed by atoms with van der Waals surface area (Å²) in [5.74, 6) is 0.340. The minimum absolute atomic E-state index is 0.137. The Balaban J connectivity index is 2.04. The molecule has 156 valence electrons. The second-order valence-electron chi connectivity index (χ2n) is 6.43. The summed E-state index contributed by atoms with van der Waals surface area (Å²) in [6, 6.07) is 7.23. The van der Waals surface area contributed by atoms with Crippen LogP contribution in [0.5, 0.6) is 11.8 Å². The molecular weight excluding hydrogens is 408 g/mol. The summed E-state index contributed by atoms with van der Waals surface area (Å²) < 4.78 is 17.5. The van der Waals surface area contributed by atoms with Crippen molar-refractivity contribution in [3.05, 3.63) is 64.4 Å². The molecular formula is C21H21ClN4O4. The molecule has 0 spiro atoms. The number of hydrogen-bond acceptors (Lipinski definition) is 7. The van der Waals surface area contributed by atoms with Crippen LogP contribution in [0.25, 0.3) is 11.3 Å². The summed E-state index contributed by atoms with van der Waals surface area (Å²) in [6.45, 7) is 5.44. The second-order valence-corrected chi connectivity index (χ2v) is 6.86. The first kappa shape index (κ1) is 21.3. The first-order valence-electron chi connectivity index (χ1n) is 9.01. The number of carbonyl (C=O) groups excluding carboxylic acids is 1. The molecule has 0 aliphatic rings. The third-order valence-electron chi connectivity index (χ3n) is 4.26. The number of nitrogens with zero attached hydrogens (tertiary/aromatic N) is 4. The van der Waals surface area contributed by atoms with Gasteiger partial charge in [0.25, 0.3) is 0 Å². The first-order chi connectivity index (χ1) is 14.3. The first-order valence-corrected chi connectivity index (χ1v) is 9.38. The second kappa shape index (κ2) is 8.96. The predicted octanol–water partition coefficient (Wildman–Crippen LogP) is 4.19. The SMILES string of the molecule is COC=C(C(=O)OC)c1c(C)nc(C)nc1Oc1ccn(-c2cc(Cl)ccc2C)n1. The fourth-order valence-electron chi connectivity index (χ4n) is 2.93. The maximum absolute atomic E-state index is 12.3. The lowest BCUT2D eigenvalue weighted by atomic mass is 10.1. The topological polar surface area (TPSA) is 88.4 Å². The molecule has 0 radical (unpaired) electrons. The predicted molar refractivity (Wildman–Crippen MR) is 112 cm³/mol.